The van der Waals surface area contributed by atoms with Gasteiger partial charge in [-0.05, 0) is 51.2 Å². The second kappa shape index (κ2) is 8.38. The highest BCUT2D eigenvalue weighted by atomic mass is 16.5. The molecule has 2 aliphatic rings. The summed E-state index contributed by atoms with van der Waals surface area (Å²) in [5, 5.41) is 6.89. The van der Waals surface area contributed by atoms with E-state index in [1.807, 2.05) is 19.2 Å². The van der Waals surface area contributed by atoms with Crippen LogP contribution in [0.2, 0.25) is 0 Å². The monoisotopic (exact) mass is 331 g/mol. The summed E-state index contributed by atoms with van der Waals surface area (Å²) in [7, 11) is 1.82. The fourth-order valence-electron chi connectivity index (χ4n) is 3.42. The van der Waals surface area contributed by atoms with E-state index in [2.05, 4.69) is 34.7 Å². The Kier molecular flexibility index (Phi) is 5.96. The lowest BCUT2D eigenvalue weighted by Crippen LogP contribution is -2.47. The second-order valence-corrected chi connectivity index (χ2v) is 6.73. The molecule has 2 bridgehead atoms. The van der Waals surface area contributed by atoms with Crippen LogP contribution in [-0.2, 0) is 4.74 Å². The summed E-state index contributed by atoms with van der Waals surface area (Å²) in [5.74, 6) is 1.83. The van der Waals surface area contributed by atoms with Crippen LogP contribution in [0.15, 0.2) is 29.3 Å². The van der Waals surface area contributed by atoms with Crippen molar-refractivity contribution in [1.29, 1.82) is 0 Å². The number of ether oxygens (including phenoxy) is 2. The van der Waals surface area contributed by atoms with Gasteiger partial charge in [0.1, 0.15) is 5.75 Å². The van der Waals surface area contributed by atoms with Crippen molar-refractivity contribution in [1.82, 2.24) is 10.6 Å². The van der Waals surface area contributed by atoms with Crippen LogP contribution in [0.3, 0.4) is 0 Å². The number of benzene rings is 1. The Morgan fingerprint density at radius 1 is 1.25 bits per heavy atom. The first-order valence-electron chi connectivity index (χ1n) is 9.06. The van der Waals surface area contributed by atoms with E-state index in [4.69, 9.17) is 9.47 Å². The molecule has 2 aliphatic heterocycles. The summed E-state index contributed by atoms with van der Waals surface area (Å²) < 4.78 is 11.6. The summed E-state index contributed by atoms with van der Waals surface area (Å²) >= 11 is 0. The Morgan fingerprint density at radius 3 is 2.75 bits per heavy atom. The van der Waals surface area contributed by atoms with Crippen LogP contribution < -0.4 is 15.4 Å². The van der Waals surface area contributed by atoms with Crippen LogP contribution in [0.25, 0.3) is 0 Å². The summed E-state index contributed by atoms with van der Waals surface area (Å²) in [6.45, 7) is 3.73. The van der Waals surface area contributed by atoms with Gasteiger partial charge in [0.25, 0.3) is 0 Å². The number of guanidine groups is 1. The van der Waals surface area contributed by atoms with Crippen LogP contribution >= 0.6 is 0 Å². The van der Waals surface area contributed by atoms with Gasteiger partial charge in [0, 0.05) is 13.6 Å². The number of fused-ring (bicyclic) bond motifs is 2. The minimum Gasteiger partial charge on any atom is -0.494 e. The Balaban J connectivity index is 1.27. The number of rotatable bonds is 7. The molecule has 0 aliphatic carbocycles. The van der Waals surface area contributed by atoms with E-state index in [1.54, 1.807) is 0 Å². The second-order valence-electron chi connectivity index (χ2n) is 6.73. The molecule has 1 aromatic rings. The molecule has 2 fully saturated rings. The standard InChI is InChI=1S/C19H29N3O2/c1-14-5-7-15(8-6-14)23-12-4-3-11-21-19(20-2)22-17-13-16-9-10-18(17)24-16/h5-8,16-18H,3-4,9-13H2,1-2H3,(H2,20,21,22). The van der Waals surface area contributed by atoms with E-state index in [9.17, 15) is 0 Å². The van der Waals surface area contributed by atoms with Gasteiger partial charge in [-0.3, -0.25) is 4.99 Å². The Hall–Kier alpha value is -1.75. The highest BCUT2D eigenvalue weighted by Gasteiger charge is 2.41. The molecule has 0 amide bonds. The molecule has 0 spiro atoms. The number of nitrogens with one attached hydrogen (secondary N) is 2. The predicted molar refractivity (Wildman–Crippen MR) is 96.7 cm³/mol. The lowest BCUT2D eigenvalue weighted by Gasteiger charge is -2.22. The molecule has 5 nitrogen and oxygen atoms in total. The smallest absolute Gasteiger partial charge is 0.191 e. The largest absolute Gasteiger partial charge is 0.494 e. The van der Waals surface area contributed by atoms with Crippen molar-refractivity contribution < 1.29 is 9.47 Å². The minimum atomic E-state index is 0.372. The zero-order valence-electron chi connectivity index (χ0n) is 14.8. The molecule has 2 saturated heterocycles. The number of unbranched alkanes of at least 4 members (excludes halogenated alkanes) is 1. The van der Waals surface area contributed by atoms with Crippen LogP contribution in [0, 0.1) is 6.92 Å². The third kappa shape index (κ3) is 4.63. The van der Waals surface area contributed by atoms with Crippen molar-refractivity contribution in [3.63, 3.8) is 0 Å². The van der Waals surface area contributed by atoms with Gasteiger partial charge in [-0.1, -0.05) is 17.7 Å². The average molecular weight is 331 g/mol. The molecule has 0 radical (unpaired) electrons. The fraction of sp³-hybridized carbons (Fsp3) is 0.632. The van der Waals surface area contributed by atoms with Gasteiger partial charge in [0.05, 0.1) is 24.9 Å². The Bertz CT molecular complexity index is 544. The molecule has 3 unspecified atom stereocenters. The van der Waals surface area contributed by atoms with E-state index < -0.39 is 0 Å². The molecule has 3 atom stereocenters. The van der Waals surface area contributed by atoms with Crippen molar-refractivity contribution in [2.24, 2.45) is 4.99 Å². The molecule has 132 valence electrons. The molecule has 3 rings (SSSR count). The van der Waals surface area contributed by atoms with Crippen LogP contribution in [-0.4, -0.2) is 44.4 Å². The molecule has 1 aromatic carbocycles. The maximum Gasteiger partial charge on any atom is 0.191 e. The van der Waals surface area contributed by atoms with E-state index in [1.165, 1.54) is 18.4 Å². The highest BCUT2D eigenvalue weighted by molar-refractivity contribution is 5.80. The molecule has 5 heteroatoms. The SMILES string of the molecule is CN=C(NCCCCOc1ccc(C)cc1)NC1CC2CCC1O2. The number of hydrogen-bond acceptors (Lipinski definition) is 3. The van der Waals surface area contributed by atoms with Crippen molar-refractivity contribution in [3.05, 3.63) is 29.8 Å². The number of nitrogens with zero attached hydrogens (tertiary/aromatic N) is 1. The third-order valence-corrected chi connectivity index (χ3v) is 4.81. The van der Waals surface area contributed by atoms with E-state index >= 15 is 0 Å². The molecule has 0 saturated carbocycles. The summed E-state index contributed by atoms with van der Waals surface area (Å²) in [6.07, 6.45) is 6.41. The maximum atomic E-state index is 5.88. The van der Waals surface area contributed by atoms with Gasteiger partial charge in [-0.15, -0.1) is 0 Å². The quantitative estimate of drug-likeness (QED) is 0.458. The van der Waals surface area contributed by atoms with E-state index in [-0.39, 0.29) is 0 Å². The topological polar surface area (TPSA) is 54.9 Å². The normalized spacial score (nSPS) is 25.8. The first-order valence-corrected chi connectivity index (χ1v) is 9.06. The molecular formula is C19H29N3O2. The van der Waals surface area contributed by atoms with Crippen LogP contribution in [0.1, 0.15) is 37.7 Å². The van der Waals surface area contributed by atoms with E-state index in [0.717, 1.165) is 44.1 Å². The Morgan fingerprint density at radius 2 is 2.08 bits per heavy atom. The number of aliphatic imine (C=N–C) groups is 1. The zero-order valence-corrected chi connectivity index (χ0v) is 14.8. The van der Waals surface area contributed by atoms with Gasteiger partial charge >= 0.3 is 0 Å². The van der Waals surface area contributed by atoms with Crippen molar-refractivity contribution in [2.45, 2.75) is 57.3 Å². The highest BCUT2D eigenvalue weighted by Crippen LogP contribution is 2.34. The predicted octanol–water partition coefficient (Wildman–Crippen LogP) is 2.64. The fourth-order valence-corrected chi connectivity index (χ4v) is 3.42. The molecule has 2 heterocycles. The lowest BCUT2D eigenvalue weighted by molar-refractivity contribution is 0.0992. The van der Waals surface area contributed by atoms with Crippen molar-refractivity contribution >= 4 is 5.96 Å². The third-order valence-electron chi connectivity index (χ3n) is 4.81. The van der Waals surface area contributed by atoms with Gasteiger partial charge in [-0.25, -0.2) is 0 Å². The van der Waals surface area contributed by atoms with Crippen molar-refractivity contribution in [3.8, 4) is 5.75 Å². The molecule has 0 aromatic heterocycles. The van der Waals surface area contributed by atoms with Gasteiger partial charge in [-0.2, -0.15) is 0 Å². The lowest BCUT2D eigenvalue weighted by atomic mass is 9.96. The van der Waals surface area contributed by atoms with Crippen LogP contribution in [0.5, 0.6) is 5.75 Å². The summed E-state index contributed by atoms with van der Waals surface area (Å²) in [5.41, 5.74) is 1.26. The molecule has 2 N–H and O–H groups in total. The van der Waals surface area contributed by atoms with Crippen molar-refractivity contribution in [2.75, 3.05) is 20.2 Å². The first-order chi connectivity index (χ1) is 11.7. The summed E-state index contributed by atoms with van der Waals surface area (Å²) in [4.78, 5) is 4.32. The minimum absolute atomic E-state index is 0.372. The maximum absolute atomic E-state index is 5.88. The molecule has 24 heavy (non-hydrogen) atoms. The van der Waals surface area contributed by atoms with E-state index in [0.29, 0.717) is 18.2 Å². The summed E-state index contributed by atoms with van der Waals surface area (Å²) in [6, 6.07) is 8.62. The number of hydrogen-bond donors (Lipinski definition) is 2. The van der Waals surface area contributed by atoms with Gasteiger partial charge < -0.3 is 20.1 Å². The van der Waals surface area contributed by atoms with Gasteiger partial charge in [0.2, 0.25) is 0 Å². The number of aryl methyl sites for hydroxylation is 1. The zero-order chi connectivity index (χ0) is 16.8. The van der Waals surface area contributed by atoms with Gasteiger partial charge in [0.15, 0.2) is 5.96 Å². The Labute approximate surface area is 144 Å². The van der Waals surface area contributed by atoms with Crippen LogP contribution in [0.4, 0.5) is 0 Å². The molecular weight excluding hydrogens is 302 g/mol. The first kappa shape index (κ1) is 17.1. The average Bonchev–Trinajstić information content (AvgIpc) is 3.21.